The van der Waals surface area contributed by atoms with Crippen LogP contribution in [0.5, 0.6) is 0 Å². The molecule has 6 atom stereocenters. The van der Waals surface area contributed by atoms with Gasteiger partial charge in [0, 0.05) is 32.6 Å². The lowest BCUT2D eigenvalue weighted by Crippen LogP contribution is -2.60. The topological polar surface area (TPSA) is 181 Å². The zero-order valence-corrected chi connectivity index (χ0v) is 33.0. The van der Waals surface area contributed by atoms with E-state index in [1.54, 1.807) is 51.1 Å². The summed E-state index contributed by atoms with van der Waals surface area (Å²) in [7, 11) is 2.89. The van der Waals surface area contributed by atoms with E-state index in [-0.39, 0.29) is 18.4 Å². The van der Waals surface area contributed by atoms with E-state index in [1.807, 2.05) is 19.2 Å². The summed E-state index contributed by atoms with van der Waals surface area (Å²) in [5.41, 5.74) is -0.943. The highest BCUT2D eigenvalue weighted by atomic mass is 19.4. The molecule has 0 aromatic heterocycles. The fraction of sp³-hybridized carbons (Fsp3) is 0.667. The largest absolute Gasteiger partial charge is 0.446 e. The molecule has 2 aliphatic carbocycles. The van der Waals surface area contributed by atoms with Gasteiger partial charge in [-0.05, 0) is 63.2 Å². The van der Waals surface area contributed by atoms with Crippen LogP contribution in [-0.4, -0.2) is 108 Å². The van der Waals surface area contributed by atoms with Crippen LogP contribution in [0.25, 0.3) is 0 Å². The molecule has 14 nitrogen and oxygen atoms in total. The minimum absolute atomic E-state index is 0.137. The van der Waals surface area contributed by atoms with Crippen molar-refractivity contribution in [3.8, 4) is 0 Å². The third kappa shape index (κ3) is 11.2. The standard InChI is InChI=1S/C39H54F3N5O9/c1-37(2,3)56-36(54)45-28(22-14-10-8-11-15-22)34(52)47-21-24-27(38(24,4)5)29(47)32(50)44-25(18-19-39(40,41)42)30(49)33(51)43-20-26(48)55-31(35(53)46(6)7)23-16-12-9-13-17-23/h9,12-13,16-17,22,24-25,27-29,31H,8,10-11,14-15,18-21H2,1-7H3,(H,43,51)(H,44,50)(H,45,54)/t24-,25?,27-,28-,29-,31-/m0/s1. The van der Waals surface area contributed by atoms with Crippen molar-refractivity contribution in [1.82, 2.24) is 25.8 Å². The van der Waals surface area contributed by atoms with Crippen molar-refractivity contribution in [2.45, 2.75) is 116 Å². The number of benzene rings is 1. The molecule has 4 rings (SSSR count). The summed E-state index contributed by atoms with van der Waals surface area (Å²) in [4.78, 5) is 95.8. The first-order valence-electron chi connectivity index (χ1n) is 19.0. The number of nitrogens with one attached hydrogen (secondary N) is 3. The van der Waals surface area contributed by atoms with E-state index in [4.69, 9.17) is 9.47 Å². The zero-order chi connectivity index (χ0) is 41.7. The molecule has 1 aliphatic heterocycles. The number of carbonyl (C=O) groups excluding carboxylic acids is 7. The van der Waals surface area contributed by atoms with Gasteiger partial charge in [-0.15, -0.1) is 0 Å². The number of amides is 5. The highest BCUT2D eigenvalue weighted by Gasteiger charge is 2.70. The van der Waals surface area contributed by atoms with E-state index in [0.29, 0.717) is 18.4 Å². The number of Topliss-reactive ketones (excluding diaryl/α,β-unsaturated/α-hetero) is 1. The maximum absolute atomic E-state index is 14.3. The van der Waals surface area contributed by atoms with Crippen molar-refractivity contribution in [3.63, 3.8) is 0 Å². The lowest BCUT2D eigenvalue weighted by Gasteiger charge is -2.37. The van der Waals surface area contributed by atoms with E-state index in [2.05, 4.69) is 10.6 Å². The number of alkyl carbamates (subject to hydrolysis) is 1. The number of nitrogens with zero attached hydrogens (tertiary/aromatic N) is 2. The predicted molar refractivity (Wildman–Crippen MR) is 195 cm³/mol. The van der Waals surface area contributed by atoms with Gasteiger partial charge < -0.3 is 35.2 Å². The van der Waals surface area contributed by atoms with Crippen LogP contribution >= 0.6 is 0 Å². The number of likely N-dealkylation sites (N-methyl/N-ethyl adjacent to an activating group) is 1. The lowest BCUT2D eigenvalue weighted by molar-refractivity contribution is -0.159. The third-order valence-corrected chi connectivity index (χ3v) is 10.8. The molecule has 1 heterocycles. The average Bonchev–Trinajstić information content (AvgIpc) is 3.42. The number of alkyl halides is 3. The molecule has 310 valence electrons. The van der Waals surface area contributed by atoms with Crippen molar-refractivity contribution in [3.05, 3.63) is 35.9 Å². The zero-order valence-electron chi connectivity index (χ0n) is 33.0. The average molecular weight is 794 g/mol. The number of fused-ring (bicyclic) bond motifs is 1. The van der Waals surface area contributed by atoms with Gasteiger partial charge in [0.25, 0.3) is 11.8 Å². The maximum atomic E-state index is 14.3. The Bertz CT molecular complexity index is 1640. The number of ketones is 1. The van der Waals surface area contributed by atoms with Crippen LogP contribution in [0.15, 0.2) is 30.3 Å². The maximum Gasteiger partial charge on any atom is 0.408 e. The first kappa shape index (κ1) is 44.0. The molecule has 0 spiro atoms. The van der Waals surface area contributed by atoms with Crippen molar-refractivity contribution in [2.75, 3.05) is 27.2 Å². The molecule has 2 saturated carbocycles. The quantitative estimate of drug-likeness (QED) is 0.187. The minimum atomic E-state index is -4.76. The number of carbonyl (C=O) groups is 7. The molecule has 0 radical (unpaired) electrons. The second-order valence-corrected chi connectivity index (χ2v) is 16.7. The minimum Gasteiger partial charge on any atom is -0.446 e. The molecule has 1 saturated heterocycles. The molecule has 3 fully saturated rings. The molecule has 1 unspecified atom stereocenters. The summed E-state index contributed by atoms with van der Waals surface area (Å²) >= 11 is 0. The van der Waals surface area contributed by atoms with Crippen molar-refractivity contribution >= 4 is 41.5 Å². The number of halogens is 3. The van der Waals surface area contributed by atoms with Crippen LogP contribution in [0.1, 0.15) is 91.2 Å². The van der Waals surface area contributed by atoms with Gasteiger partial charge in [0.1, 0.15) is 24.2 Å². The number of likely N-dealkylation sites (tertiary alicyclic amines) is 1. The Kier molecular flexibility index (Phi) is 13.8. The molecule has 1 aromatic rings. The second kappa shape index (κ2) is 17.6. The van der Waals surface area contributed by atoms with Crippen LogP contribution < -0.4 is 16.0 Å². The Labute approximate surface area is 324 Å². The Morgan fingerprint density at radius 3 is 2.14 bits per heavy atom. The SMILES string of the molecule is CN(C)C(=O)[C@@H](OC(=O)CNC(=O)C(=O)C(CCC(F)(F)F)NC(=O)[C@@H]1[C@@H]2[C@H](CN1C(=O)[C@@H](NC(=O)OC(C)(C)C)C1CCCCC1)C2(C)C)c1ccccc1. The molecule has 56 heavy (non-hydrogen) atoms. The number of rotatable bonds is 14. The van der Waals surface area contributed by atoms with E-state index < -0.39 is 108 Å². The molecule has 3 N–H and O–H groups in total. The molecule has 3 aliphatic rings. The molecular formula is C39H54F3N5O9. The van der Waals surface area contributed by atoms with Gasteiger partial charge in [0.2, 0.25) is 23.7 Å². The van der Waals surface area contributed by atoms with Crippen LogP contribution in [0.2, 0.25) is 0 Å². The number of hydrogen-bond acceptors (Lipinski definition) is 9. The summed E-state index contributed by atoms with van der Waals surface area (Å²) in [6.07, 6.45) is -5.56. The van der Waals surface area contributed by atoms with Gasteiger partial charge in [0.15, 0.2) is 0 Å². The van der Waals surface area contributed by atoms with Crippen molar-refractivity contribution < 1.29 is 56.2 Å². The molecule has 5 amide bonds. The normalized spacial score (nSPS) is 22.0. The van der Waals surface area contributed by atoms with Gasteiger partial charge in [-0.2, -0.15) is 13.2 Å². The first-order valence-corrected chi connectivity index (χ1v) is 19.0. The number of esters is 1. The Morgan fingerprint density at radius 1 is 0.946 bits per heavy atom. The van der Waals surface area contributed by atoms with E-state index in [9.17, 15) is 46.7 Å². The van der Waals surface area contributed by atoms with Gasteiger partial charge in [-0.3, -0.25) is 28.8 Å². The molecule has 0 bridgehead atoms. The van der Waals surface area contributed by atoms with Crippen molar-refractivity contribution in [2.24, 2.45) is 23.2 Å². The highest BCUT2D eigenvalue weighted by Crippen LogP contribution is 2.65. The summed E-state index contributed by atoms with van der Waals surface area (Å²) < 4.78 is 51.1. The van der Waals surface area contributed by atoms with Gasteiger partial charge in [-0.25, -0.2) is 4.79 Å². The summed E-state index contributed by atoms with van der Waals surface area (Å²) in [6, 6.07) is 3.80. The van der Waals surface area contributed by atoms with Gasteiger partial charge >= 0.3 is 18.2 Å². The fourth-order valence-corrected chi connectivity index (χ4v) is 7.80. The Morgan fingerprint density at radius 2 is 1.57 bits per heavy atom. The van der Waals surface area contributed by atoms with Crippen LogP contribution in [0, 0.1) is 23.2 Å². The van der Waals surface area contributed by atoms with Gasteiger partial charge in [0.05, 0.1) is 6.04 Å². The number of piperidine rings is 1. The van der Waals surface area contributed by atoms with Crippen LogP contribution in [0.4, 0.5) is 18.0 Å². The third-order valence-electron chi connectivity index (χ3n) is 10.8. The van der Waals surface area contributed by atoms with Crippen molar-refractivity contribution in [1.29, 1.82) is 0 Å². The summed E-state index contributed by atoms with van der Waals surface area (Å²) in [6.45, 7) is 8.06. The molecule has 17 heteroatoms. The first-order chi connectivity index (χ1) is 26.0. The van der Waals surface area contributed by atoms with Crippen LogP contribution in [-0.2, 0) is 38.2 Å². The molecule has 1 aromatic carbocycles. The number of hydrogen-bond donors (Lipinski definition) is 3. The Balaban J connectivity index is 1.51. The monoisotopic (exact) mass is 793 g/mol. The van der Waals surface area contributed by atoms with Crippen LogP contribution in [0.3, 0.4) is 0 Å². The number of ether oxygens (including phenoxy) is 2. The highest BCUT2D eigenvalue weighted by molar-refractivity contribution is 6.38. The van der Waals surface area contributed by atoms with Gasteiger partial charge in [-0.1, -0.05) is 63.4 Å². The van der Waals surface area contributed by atoms with E-state index >= 15 is 0 Å². The summed E-state index contributed by atoms with van der Waals surface area (Å²) in [5.74, 6) is -6.89. The smallest absolute Gasteiger partial charge is 0.408 e. The second-order valence-electron chi connectivity index (χ2n) is 16.7. The predicted octanol–water partition coefficient (Wildman–Crippen LogP) is 3.83. The van der Waals surface area contributed by atoms with E-state index in [1.165, 1.54) is 23.9 Å². The molecular weight excluding hydrogens is 739 g/mol. The lowest BCUT2D eigenvalue weighted by atomic mass is 9.83. The van der Waals surface area contributed by atoms with E-state index in [0.717, 1.165) is 19.3 Å². The fourth-order valence-electron chi connectivity index (χ4n) is 7.80. The summed E-state index contributed by atoms with van der Waals surface area (Å²) in [5, 5.41) is 7.08. The Hall–Kier alpha value is -4.70.